The second kappa shape index (κ2) is 9.01. The third-order valence-corrected chi connectivity index (χ3v) is 4.30. The van der Waals surface area contributed by atoms with Crippen molar-refractivity contribution in [2.24, 2.45) is 0 Å². The number of aryl methyl sites for hydroxylation is 1. The van der Waals surface area contributed by atoms with Crippen molar-refractivity contribution in [3.8, 4) is 22.9 Å². The first-order valence-electron chi connectivity index (χ1n) is 9.05. The molecule has 3 rings (SSSR count). The van der Waals surface area contributed by atoms with E-state index in [1.54, 1.807) is 19.2 Å². The highest BCUT2D eigenvalue weighted by Gasteiger charge is 2.12. The smallest absolute Gasteiger partial charge is 0.270 e. The molecule has 0 atom stereocenters. The Kier molecular flexibility index (Phi) is 6.23. The summed E-state index contributed by atoms with van der Waals surface area (Å²) in [5.41, 5.74) is 1.38. The van der Waals surface area contributed by atoms with E-state index in [0.29, 0.717) is 41.9 Å². The molecule has 0 radical (unpaired) electrons. The van der Waals surface area contributed by atoms with Gasteiger partial charge in [-0.15, -0.1) is 0 Å². The van der Waals surface area contributed by atoms with Crippen LogP contribution in [0, 0.1) is 17.0 Å². The lowest BCUT2D eigenvalue weighted by atomic mass is 10.2. The van der Waals surface area contributed by atoms with E-state index >= 15 is 0 Å². The Balaban J connectivity index is 1.73. The molecule has 0 spiro atoms. The summed E-state index contributed by atoms with van der Waals surface area (Å²) in [6.07, 6.45) is 0. The Labute approximate surface area is 168 Å². The number of rotatable bonds is 8. The number of likely N-dealkylation sites (N-methyl/N-ethyl adjacent to an activating group) is 1. The van der Waals surface area contributed by atoms with Gasteiger partial charge in [0.15, 0.2) is 17.3 Å². The van der Waals surface area contributed by atoms with Crippen LogP contribution in [0.4, 0.5) is 11.5 Å². The van der Waals surface area contributed by atoms with Gasteiger partial charge >= 0.3 is 0 Å². The molecule has 0 aliphatic heterocycles. The second-order valence-corrected chi connectivity index (χ2v) is 6.42. The summed E-state index contributed by atoms with van der Waals surface area (Å²) in [5, 5.41) is 11.0. The van der Waals surface area contributed by atoms with Crippen molar-refractivity contribution < 1.29 is 14.4 Å². The molecule has 0 N–H and O–H groups in total. The van der Waals surface area contributed by atoms with Crippen molar-refractivity contribution in [2.45, 2.75) is 6.92 Å². The van der Waals surface area contributed by atoms with Gasteiger partial charge in [0.2, 0.25) is 0 Å². The molecule has 1 aromatic heterocycles. The molecule has 3 aromatic rings. The maximum absolute atomic E-state index is 11.0. The molecule has 8 nitrogen and oxygen atoms in total. The summed E-state index contributed by atoms with van der Waals surface area (Å²) in [6, 6.07) is 15.7. The van der Waals surface area contributed by atoms with Gasteiger partial charge in [-0.1, -0.05) is 24.3 Å². The Morgan fingerprint density at radius 1 is 1.07 bits per heavy atom. The monoisotopic (exact) mass is 394 g/mol. The van der Waals surface area contributed by atoms with E-state index in [1.165, 1.54) is 12.1 Å². The third kappa shape index (κ3) is 4.98. The van der Waals surface area contributed by atoms with Gasteiger partial charge in [-0.2, -0.15) is 0 Å². The predicted molar refractivity (Wildman–Crippen MR) is 111 cm³/mol. The molecule has 2 aromatic carbocycles. The first kappa shape index (κ1) is 20.1. The molecular formula is C21H22N4O4. The fourth-order valence-electron chi connectivity index (χ4n) is 2.78. The Bertz CT molecular complexity index is 1010. The van der Waals surface area contributed by atoms with E-state index < -0.39 is 4.92 Å². The van der Waals surface area contributed by atoms with Gasteiger partial charge in [0, 0.05) is 36.5 Å². The molecule has 0 aliphatic carbocycles. The van der Waals surface area contributed by atoms with Crippen LogP contribution >= 0.6 is 0 Å². The van der Waals surface area contributed by atoms with Crippen molar-refractivity contribution in [1.82, 2.24) is 9.97 Å². The highest BCUT2D eigenvalue weighted by Crippen LogP contribution is 2.26. The van der Waals surface area contributed by atoms with Crippen LogP contribution < -0.4 is 14.4 Å². The Morgan fingerprint density at radius 2 is 1.83 bits per heavy atom. The first-order valence-corrected chi connectivity index (χ1v) is 9.05. The minimum absolute atomic E-state index is 0.00715. The zero-order valence-electron chi connectivity index (χ0n) is 16.5. The van der Waals surface area contributed by atoms with Gasteiger partial charge in [-0.3, -0.25) is 10.1 Å². The number of hydrogen-bond acceptors (Lipinski definition) is 7. The minimum atomic E-state index is -0.429. The predicted octanol–water partition coefficient (Wildman–Crippen LogP) is 3.88. The van der Waals surface area contributed by atoms with E-state index in [4.69, 9.17) is 9.47 Å². The molecule has 0 saturated heterocycles. The standard InChI is InChI=1S/C21H22N4O4/c1-15-13-20(23-21(22-15)16-7-6-8-17(14-16)25(26)27)24(2)11-12-29-19-10-5-4-9-18(19)28-3/h4-10,13-14H,11-12H2,1-3H3. The van der Waals surface area contributed by atoms with E-state index in [2.05, 4.69) is 9.97 Å². The van der Waals surface area contributed by atoms with Crippen LogP contribution in [-0.2, 0) is 0 Å². The van der Waals surface area contributed by atoms with Crippen molar-refractivity contribution in [2.75, 3.05) is 32.2 Å². The second-order valence-electron chi connectivity index (χ2n) is 6.42. The van der Waals surface area contributed by atoms with Crippen LogP contribution in [0.3, 0.4) is 0 Å². The van der Waals surface area contributed by atoms with E-state index in [-0.39, 0.29) is 5.69 Å². The SMILES string of the molecule is COc1ccccc1OCCN(C)c1cc(C)nc(-c2cccc([N+](=O)[O-])c2)n1. The van der Waals surface area contributed by atoms with Crippen molar-refractivity contribution in [3.63, 3.8) is 0 Å². The lowest BCUT2D eigenvalue weighted by Gasteiger charge is -2.20. The van der Waals surface area contributed by atoms with Crippen LogP contribution in [0.1, 0.15) is 5.69 Å². The molecule has 150 valence electrons. The molecule has 0 fully saturated rings. The van der Waals surface area contributed by atoms with E-state index in [9.17, 15) is 10.1 Å². The highest BCUT2D eigenvalue weighted by atomic mass is 16.6. The Hall–Kier alpha value is -3.68. The molecule has 8 heteroatoms. The molecular weight excluding hydrogens is 372 g/mol. The van der Waals surface area contributed by atoms with Gasteiger partial charge in [-0.25, -0.2) is 9.97 Å². The lowest BCUT2D eigenvalue weighted by molar-refractivity contribution is -0.384. The molecule has 29 heavy (non-hydrogen) atoms. The van der Waals surface area contributed by atoms with Crippen molar-refractivity contribution in [1.29, 1.82) is 0 Å². The fourth-order valence-corrected chi connectivity index (χ4v) is 2.78. The average Bonchev–Trinajstić information content (AvgIpc) is 2.73. The normalized spacial score (nSPS) is 10.4. The topological polar surface area (TPSA) is 90.6 Å². The largest absolute Gasteiger partial charge is 0.493 e. The summed E-state index contributed by atoms with van der Waals surface area (Å²) in [4.78, 5) is 21.6. The van der Waals surface area contributed by atoms with Crippen LogP contribution in [0.15, 0.2) is 54.6 Å². The number of hydrogen-bond donors (Lipinski definition) is 0. The number of non-ortho nitro benzene ring substituents is 1. The van der Waals surface area contributed by atoms with Crippen LogP contribution in [0.25, 0.3) is 11.4 Å². The zero-order chi connectivity index (χ0) is 20.8. The number of nitrogens with zero attached hydrogens (tertiary/aromatic N) is 4. The number of nitro benzene ring substituents is 1. The number of benzene rings is 2. The van der Waals surface area contributed by atoms with E-state index in [0.717, 1.165) is 5.69 Å². The van der Waals surface area contributed by atoms with Gasteiger partial charge in [-0.05, 0) is 19.1 Å². The summed E-state index contributed by atoms with van der Waals surface area (Å²) in [7, 11) is 3.51. The van der Waals surface area contributed by atoms with Crippen LogP contribution in [0.5, 0.6) is 11.5 Å². The first-order chi connectivity index (χ1) is 14.0. The number of ether oxygens (including phenoxy) is 2. The quantitative estimate of drug-likeness (QED) is 0.423. The summed E-state index contributed by atoms with van der Waals surface area (Å²) >= 11 is 0. The molecule has 0 amide bonds. The maximum Gasteiger partial charge on any atom is 0.270 e. The van der Waals surface area contributed by atoms with E-state index in [1.807, 2.05) is 49.2 Å². The lowest BCUT2D eigenvalue weighted by Crippen LogP contribution is -2.25. The number of para-hydroxylation sites is 2. The molecule has 1 heterocycles. The molecule has 0 aliphatic rings. The van der Waals surface area contributed by atoms with Crippen LogP contribution in [-0.4, -0.2) is 42.2 Å². The summed E-state index contributed by atoms with van der Waals surface area (Å²) in [6.45, 7) is 2.89. The molecule has 0 saturated carbocycles. The third-order valence-electron chi connectivity index (χ3n) is 4.30. The minimum Gasteiger partial charge on any atom is -0.493 e. The Morgan fingerprint density at radius 3 is 2.55 bits per heavy atom. The number of nitro groups is 1. The highest BCUT2D eigenvalue weighted by molar-refractivity contribution is 5.61. The summed E-state index contributed by atoms with van der Waals surface area (Å²) in [5.74, 6) is 2.52. The average molecular weight is 394 g/mol. The van der Waals surface area contributed by atoms with Crippen molar-refractivity contribution >= 4 is 11.5 Å². The number of methoxy groups -OCH3 is 1. The van der Waals surface area contributed by atoms with Gasteiger partial charge < -0.3 is 14.4 Å². The maximum atomic E-state index is 11.0. The molecule has 0 bridgehead atoms. The zero-order valence-corrected chi connectivity index (χ0v) is 16.5. The van der Waals surface area contributed by atoms with Crippen LogP contribution in [0.2, 0.25) is 0 Å². The van der Waals surface area contributed by atoms with Gasteiger partial charge in [0.25, 0.3) is 5.69 Å². The van der Waals surface area contributed by atoms with Gasteiger partial charge in [0.1, 0.15) is 12.4 Å². The van der Waals surface area contributed by atoms with Gasteiger partial charge in [0.05, 0.1) is 18.6 Å². The van der Waals surface area contributed by atoms with Crippen molar-refractivity contribution in [3.05, 3.63) is 70.4 Å². The summed E-state index contributed by atoms with van der Waals surface area (Å²) < 4.78 is 11.1. The number of anilines is 1. The fraction of sp³-hybridized carbons (Fsp3) is 0.238. The number of aromatic nitrogens is 2. The molecule has 0 unspecified atom stereocenters.